The Kier molecular flexibility index (Phi) is 3.50. The highest BCUT2D eigenvalue weighted by Crippen LogP contribution is 2.39. The number of nitrogens with one attached hydrogen (secondary N) is 1. The molecule has 26 heavy (non-hydrogen) atoms. The lowest BCUT2D eigenvalue weighted by Gasteiger charge is -2.27. The molecule has 0 bridgehead atoms. The summed E-state index contributed by atoms with van der Waals surface area (Å²) in [6.45, 7) is 0.423. The van der Waals surface area contributed by atoms with E-state index < -0.39 is 0 Å². The van der Waals surface area contributed by atoms with E-state index in [1.807, 2.05) is 42.6 Å². The Labute approximate surface area is 151 Å². The van der Waals surface area contributed by atoms with Crippen molar-refractivity contribution in [3.8, 4) is 0 Å². The molecule has 0 amide bonds. The van der Waals surface area contributed by atoms with Crippen LogP contribution in [0.25, 0.3) is 27.9 Å². The smallest absolute Gasteiger partial charge is 0.153 e. The Morgan fingerprint density at radius 2 is 1.92 bits per heavy atom. The lowest BCUT2D eigenvalue weighted by molar-refractivity contribution is 0.0959. The topological polar surface area (TPSA) is 47.1 Å². The van der Waals surface area contributed by atoms with Gasteiger partial charge in [-0.3, -0.25) is 0 Å². The van der Waals surface area contributed by atoms with Gasteiger partial charge in [-0.2, -0.15) is 0 Å². The zero-order valence-electron chi connectivity index (χ0n) is 14.4. The molecule has 0 saturated carbocycles. The van der Waals surface area contributed by atoms with Crippen molar-refractivity contribution in [2.24, 2.45) is 0 Å². The van der Waals surface area contributed by atoms with E-state index in [0.29, 0.717) is 6.61 Å². The quantitative estimate of drug-likeness (QED) is 0.580. The van der Waals surface area contributed by atoms with Crippen LogP contribution in [-0.2, 0) is 9.47 Å². The van der Waals surface area contributed by atoms with Crippen molar-refractivity contribution >= 4 is 27.9 Å². The number of hydrogen-bond acceptors (Lipinski definition) is 3. The minimum absolute atomic E-state index is 0.214. The van der Waals surface area contributed by atoms with Crippen LogP contribution in [0, 0.1) is 0 Å². The summed E-state index contributed by atoms with van der Waals surface area (Å²) in [4.78, 5) is 8.22. The summed E-state index contributed by atoms with van der Waals surface area (Å²) in [6, 6.07) is 18.6. The molecule has 0 saturated heterocycles. The molecule has 1 N–H and O–H groups in total. The molecule has 1 atom stereocenters. The minimum atomic E-state index is -0.214. The highest BCUT2D eigenvalue weighted by Gasteiger charge is 2.27. The van der Waals surface area contributed by atoms with Gasteiger partial charge in [-0.25, -0.2) is 4.98 Å². The van der Waals surface area contributed by atoms with E-state index in [1.54, 1.807) is 7.11 Å². The van der Waals surface area contributed by atoms with Crippen molar-refractivity contribution in [3.05, 3.63) is 83.4 Å². The Morgan fingerprint density at radius 1 is 1.08 bits per heavy atom. The third-order valence-corrected chi connectivity index (χ3v) is 4.82. The van der Waals surface area contributed by atoms with Crippen molar-refractivity contribution in [2.75, 3.05) is 13.7 Å². The van der Waals surface area contributed by atoms with E-state index in [0.717, 1.165) is 44.4 Å². The van der Waals surface area contributed by atoms with E-state index in [9.17, 15) is 0 Å². The molecular weight excluding hydrogens is 324 g/mol. The number of pyridine rings is 1. The summed E-state index contributed by atoms with van der Waals surface area (Å²) < 4.78 is 11.6. The summed E-state index contributed by atoms with van der Waals surface area (Å²) in [5.41, 5.74) is 5.22. The van der Waals surface area contributed by atoms with Gasteiger partial charge in [0.25, 0.3) is 0 Å². The van der Waals surface area contributed by atoms with Crippen molar-refractivity contribution < 1.29 is 9.47 Å². The van der Waals surface area contributed by atoms with E-state index >= 15 is 0 Å². The molecule has 2 aromatic heterocycles. The number of ether oxygens (including phenoxy) is 2. The SMILES string of the molecule is COCC1=Cc2nc3ccccc3cc2C(c2c[nH]c3ccccc23)O1. The average Bonchev–Trinajstić information content (AvgIpc) is 3.10. The van der Waals surface area contributed by atoms with Gasteiger partial charge in [0.15, 0.2) is 6.10 Å². The molecule has 1 aliphatic rings. The van der Waals surface area contributed by atoms with Crippen LogP contribution in [0.2, 0.25) is 0 Å². The number of methoxy groups -OCH3 is 1. The van der Waals surface area contributed by atoms with Gasteiger partial charge in [0, 0.05) is 46.8 Å². The van der Waals surface area contributed by atoms with Gasteiger partial charge < -0.3 is 14.5 Å². The van der Waals surface area contributed by atoms with Crippen LogP contribution in [0.3, 0.4) is 0 Å². The number of nitrogens with zero attached hydrogens (tertiary/aromatic N) is 1. The third-order valence-electron chi connectivity index (χ3n) is 4.82. The van der Waals surface area contributed by atoms with Crippen LogP contribution < -0.4 is 0 Å². The van der Waals surface area contributed by atoms with Crippen molar-refractivity contribution in [2.45, 2.75) is 6.10 Å². The van der Waals surface area contributed by atoms with Crippen LogP contribution >= 0.6 is 0 Å². The normalized spacial score (nSPS) is 16.3. The number of para-hydroxylation sites is 2. The Hall–Kier alpha value is -3.11. The van der Waals surface area contributed by atoms with Crippen LogP contribution in [-0.4, -0.2) is 23.7 Å². The number of aromatic amines is 1. The van der Waals surface area contributed by atoms with Gasteiger partial charge in [0.05, 0.1) is 11.2 Å². The second-order valence-corrected chi connectivity index (χ2v) is 6.49. The van der Waals surface area contributed by atoms with E-state index in [1.165, 1.54) is 0 Å². The Balaban J connectivity index is 1.74. The fraction of sp³-hybridized carbons (Fsp3) is 0.136. The first-order valence-corrected chi connectivity index (χ1v) is 8.65. The van der Waals surface area contributed by atoms with Gasteiger partial charge in [-0.05, 0) is 18.2 Å². The summed E-state index contributed by atoms with van der Waals surface area (Å²) in [5.74, 6) is 0.790. The molecule has 1 unspecified atom stereocenters. The molecule has 128 valence electrons. The predicted molar refractivity (Wildman–Crippen MR) is 103 cm³/mol. The lowest BCUT2D eigenvalue weighted by Crippen LogP contribution is -2.15. The fourth-order valence-electron chi connectivity index (χ4n) is 3.63. The summed E-state index contributed by atoms with van der Waals surface area (Å²) in [5, 5.41) is 2.28. The first-order valence-electron chi connectivity index (χ1n) is 8.65. The van der Waals surface area contributed by atoms with Gasteiger partial charge >= 0.3 is 0 Å². The van der Waals surface area contributed by atoms with Gasteiger partial charge in [0.1, 0.15) is 12.4 Å². The molecule has 0 fully saturated rings. The van der Waals surface area contributed by atoms with Crippen molar-refractivity contribution in [1.82, 2.24) is 9.97 Å². The lowest BCUT2D eigenvalue weighted by atomic mass is 9.95. The van der Waals surface area contributed by atoms with Gasteiger partial charge in [-0.1, -0.05) is 36.4 Å². The van der Waals surface area contributed by atoms with Crippen molar-refractivity contribution in [1.29, 1.82) is 0 Å². The minimum Gasteiger partial charge on any atom is -0.483 e. The maximum absolute atomic E-state index is 6.33. The maximum Gasteiger partial charge on any atom is 0.153 e. The predicted octanol–water partition coefficient (Wildman–Crippen LogP) is 4.82. The molecule has 1 aliphatic heterocycles. The number of H-pyrrole nitrogens is 1. The monoisotopic (exact) mass is 342 g/mol. The van der Waals surface area contributed by atoms with E-state index in [2.05, 4.69) is 29.2 Å². The molecule has 4 nitrogen and oxygen atoms in total. The molecule has 0 radical (unpaired) electrons. The van der Waals surface area contributed by atoms with Crippen LogP contribution in [0.4, 0.5) is 0 Å². The van der Waals surface area contributed by atoms with Gasteiger partial charge in [-0.15, -0.1) is 0 Å². The summed E-state index contributed by atoms with van der Waals surface area (Å²) in [7, 11) is 1.67. The zero-order valence-corrected chi connectivity index (χ0v) is 14.4. The second-order valence-electron chi connectivity index (χ2n) is 6.49. The average molecular weight is 342 g/mol. The van der Waals surface area contributed by atoms with Crippen LogP contribution in [0.5, 0.6) is 0 Å². The third kappa shape index (κ3) is 2.38. The molecule has 4 heteroatoms. The Bertz CT molecular complexity index is 1140. The van der Waals surface area contributed by atoms with E-state index in [-0.39, 0.29) is 6.10 Å². The molecule has 2 aromatic carbocycles. The standard InChI is InChI=1S/C22H18N2O2/c1-25-13-15-11-21-17(10-14-6-2-4-8-19(14)24-21)22(26-15)18-12-23-20-9-5-3-7-16(18)20/h2-12,22-23H,13H2,1H3. The Morgan fingerprint density at radius 3 is 2.85 bits per heavy atom. The highest BCUT2D eigenvalue weighted by molar-refractivity contribution is 5.86. The number of benzene rings is 2. The maximum atomic E-state index is 6.33. The van der Waals surface area contributed by atoms with Crippen molar-refractivity contribution in [3.63, 3.8) is 0 Å². The molecule has 5 rings (SSSR count). The summed E-state index contributed by atoms with van der Waals surface area (Å²) in [6.07, 6.45) is 3.80. The number of rotatable bonds is 3. The fourth-order valence-corrected chi connectivity index (χ4v) is 3.63. The van der Waals surface area contributed by atoms with Crippen LogP contribution in [0.15, 0.2) is 66.6 Å². The summed E-state index contributed by atoms with van der Waals surface area (Å²) >= 11 is 0. The molecule has 0 aliphatic carbocycles. The highest BCUT2D eigenvalue weighted by atomic mass is 16.5. The molecule has 4 aromatic rings. The number of hydrogen-bond donors (Lipinski definition) is 1. The molecule has 0 spiro atoms. The van der Waals surface area contributed by atoms with Crippen LogP contribution in [0.1, 0.15) is 22.9 Å². The first kappa shape index (κ1) is 15.2. The second kappa shape index (κ2) is 6.00. The molecular formula is C22H18N2O2. The largest absolute Gasteiger partial charge is 0.483 e. The zero-order chi connectivity index (χ0) is 17.5. The number of aromatic nitrogens is 2. The first-order chi connectivity index (χ1) is 12.8. The van der Waals surface area contributed by atoms with E-state index in [4.69, 9.17) is 14.5 Å². The number of fused-ring (bicyclic) bond motifs is 3. The molecule has 3 heterocycles. The van der Waals surface area contributed by atoms with Gasteiger partial charge in [0.2, 0.25) is 0 Å².